The third-order valence-electron chi connectivity index (χ3n) is 3.95. The molecule has 0 radical (unpaired) electrons. The molecular weight excluding hydrogens is 287 g/mol. The summed E-state index contributed by atoms with van der Waals surface area (Å²) < 4.78 is 41.2. The number of aryl methyl sites for hydroxylation is 1. The van der Waals surface area contributed by atoms with Crippen LogP contribution in [0.5, 0.6) is 0 Å². The lowest BCUT2D eigenvalue weighted by Gasteiger charge is -2.27. The minimum absolute atomic E-state index is 0.114. The third-order valence-corrected chi connectivity index (χ3v) is 3.95. The van der Waals surface area contributed by atoms with Crippen molar-refractivity contribution >= 4 is 5.97 Å². The van der Waals surface area contributed by atoms with Gasteiger partial charge in [-0.05, 0) is 12.8 Å². The molecule has 0 spiro atoms. The van der Waals surface area contributed by atoms with Crippen LogP contribution in [0.4, 0.5) is 13.2 Å². The average molecular weight is 305 g/mol. The van der Waals surface area contributed by atoms with Gasteiger partial charge in [0.15, 0.2) is 5.41 Å². The van der Waals surface area contributed by atoms with Crippen LogP contribution in [-0.2, 0) is 17.9 Å². The van der Waals surface area contributed by atoms with E-state index in [0.29, 0.717) is 0 Å². The average Bonchev–Trinajstić information content (AvgIpc) is 2.98. The largest absolute Gasteiger partial charge is 0.481 e. The van der Waals surface area contributed by atoms with E-state index in [-0.39, 0.29) is 13.1 Å². The first-order chi connectivity index (χ1) is 9.80. The zero-order valence-electron chi connectivity index (χ0n) is 11.7. The third kappa shape index (κ3) is 2.90. The Morgan fingerprint density at radius 2 is 2.24 bits per heavy atom. The quantitative estimate of drug-likeness (QED) is 0.905. The highest BCUT2D eigenvalue weighted by Gasteiger charge is 2.63. The Balaban J connectivity index is 2.11. The second-order valence-corrected chi connectivity index (χ2v) is 5.42. The lowest BCUT2D eigenvalue weighted by Crippen LogP contribution is -2.47. The number of nitrogens with zero attached hydrogens (tertiary/aromatic N) is 3. The fourth-order valence-corrected chi connectivity index (χ4v) is 2.70. The van der Waals surface area contributed by atoms with Crippen LogP contribution in [0.3, 0.4) is 0 Å². The van der Waals surface area contributed by atoms with Gasteiger partial charge in [0.1, 0.15) is 0 Å². The Kier molecular flexibility index (Phi) is 4.27. The molecule has 5 nitrogen and oxygen atoms in total. The molecule has 1 aromatic rings. The van der Waals surface area contributed by atoms with Crippen LogP contribution in [0.15, 0.2) is 12.5 Å². The first kappa shape index (κ1) is 15.8. The van der Waals surface area contributed by atoms with Crippen LogP contribution in [-0.4, -0.2) is 44.8 Å². The molecule has 118 valence electrons. The molecule has 1 unspecified atom stereocenters. The number of rotatable bonds is 5. The first-order valence-electron chi connectivity index (χ1n) is 6.81. The molecule has 8 heteroatoms. The zero-order valence-corrected chi connectivity index (χ0v) is 11.7. The van der Waals surface area contributed by atoms with E-state index in [1.807, 2.05) is 11.5 Å². The number of hydrogen-bond donors (Lipinski definition) is 1. The Morgan fingerprint density at radius 1 is 1.52 bits per heavy atom. The Hall–Kier alpha value is -1.57. The van der Waals surface area contributed by atoms with Crippen LogP contribution in [0.1, 0.15) is 25.5 Å². The molecule has 1 N–H and O–H groups in total. The predicted molar refractivity (Wildman–Crippen MR) is 68.5 cm³/mol. The van der Waals surface area contributed by atoms with E-state index < -0.39 is 30.5 Å². The van der Waals surface area contributed by atoms with Gasteiger partial charge in [0.05, 0.1) is 12.0 Å². The molecule has 1 aromatic heterocycles. The summed E-state index contributed by atoms with van der Waals surface area (Å²) in [5.74, 6) is -1.79. The first-order valence-corrected chi connectivity index (χ1v) is 6.81. The summed E-state index contributed by atoms with van der Waals surface area (Å²) in [6.45, 7) is 2.63. The van der Waals surface area contributed by atoms with Gasteiger partial charge in [-0.15, -0.1) is 0 Å². The molecule has 1 fully saturated rings. The molecule has 0 bridgehead atoms. The second kappa shape index (κ2) is 5.67. The number of carboxylic acids is 1. The lowest BCUT2D eigenvalue weighted by molar-refractivity contribution is -0.227. The molecule has 0 saturated carbocycles. The van der Waals surface area contributed by atoms with Crippen molar-refractivity contribution in [2.45, 2.75) is 39.0 Å². The summed E-state index contributed by atoms with van der Waals surface area (Å²) in [6.07, 6.45) is -0.997. The standard InChI is InChI=1S/C13H18F3N3O2/c1-2-4-19-9-17-6-10(19)7-18-5-3-12(8-18,11(20)21)13(14,15)16/h6,9H,2-5,7-8H2,1H3,(H,20,21). The van der Waals surface area contributed by atoms with Crippen molar-refractivity contribution in [2.24, 2.45) is 5.41 Å². The smallest absolute Gasteiger partial charge is 0.406 e. The highest BCUT2D eigenvalue weighted by molar-refractivity contribution is 5.76. The van der Waals surface area contributed by atoms with Crippen LogP contribution >= 0.6 is 0 Å². The number of aromatic nitrogens is 2. The summed E-state index contributed by atoms with van der Waals surface area (Å²) in [4.78, 5) is 16.7. The fourth-order valence-electron chi connectivity index (χ4n) is 2.70. The number of imidazole rings is 1. The maximum atomic E-state index is 13.1. The Bertz CT molecular complexity index is 515. The van der Waals surface area contributed by atoms with E-state index >= 15 is 0 Å². The second-order valence-electron chi connectivity index (χ2n) is 5.42. The van der Waals surface area contributed by atoms with Gasteiger partial charge in [-0.3, -0.25) is 9.69 Å². The topological polar surface area (TPSA) is 58.4 Å². The number of hydrogen-bond acceptors (Lipinski definition) is 3. The van der Waals surface area contributed by atoms with Gasteiger partial charge in [-0.2, -0.15) is 13.2 Å². The van der Waals surface area contributed by atoms with Gasteiger partial charge in [-0.1, -0.05) is 6.92 Å². The van der Waals surface area contributed by atoms with Crippen molar-refractivity contribution in [1.29, 1.82) is 0 Å². The van der Waals surface area contributed by atoms with Crippen molar-refractivity contribution in [3.63, 3.8) is 0 Å². The number of alkyl halides is 3. The van der Waals surface area contributed by atoms with Crippen molar-refractivity contribution in [2.75, 3.05) is 13.1 Å². The van der Waals surface area contributed by atoms with Crippen molar-refractivity contribution in [3.05, 3.63) is 18.2 Å². The number of aliphatic carboxylic acids is 1. The van der Waals surface area contributed by atoms with Gasteiger partial charge >= 0.3 is 12.1 Å². The molecule has 1 saturated heterocycles. The summed E-state index contributed by atoms with van der Waals surface area (Å²) >= 11 is 0. The summed E-state index contributed by atoms with van der Waals surface area (Å²) in [7, 11) is 0. The maximum absolute atomic E-state index is 13.1. The Labute approximate surface area is 120 Å². The predicted octanol–water partition coefficient (Wildman–Crippen LogP) is 2.13. The molecule has 0 amide bonds. The van der Waals surface area contributed by atoms with E-state index in [2.05, 4.69) is 4.98 Å². The Morgan fingerprint density at radius 3 is 2.76 bits per heavy atom. The van der Waals surface area contributed by atoms with Crippen LogP contribution in [0.25, 0.3) is 0 Å². The van der Waals surface area contributed by atoms with Crippen molar-refractivity contribution in [1.82, 2.24) is 14.5 Å². The van der Waals surface area contributed by atoms with Gasteiger partial charge < -0.3 is 9.67 Å². The van der Waals surface area contributed by atoms with Gasteiger partial charge in [0, 0.05) is 32.4 Å². The molecule has 0 aromatic carbocycles. The molecule has 2 heterocycles. The van der Waals surface area contributed by atoms with Crippen LogP contribution < -0.4 is 0 Å². The molecule has 0 aliphatic carbocycles. The maximum Gasteiger partial charge on any atom is 0.406 e. The highest BCUT2D eigenvalue weighted by atomic mass is 19.4. The minimum Gasteiger partial charge on any atom is -0.481 e. The van der Waals surface area contributed by atoms with Gasteiger partial charge in [-0.25, -0.2) is 4.98 Å². The number of halogens is 3. The zero-order chi connectivity index (χ0) is 15.7. The summed E-state index contributed by atoms with van der Waals surface area (Å²) in [5.41, 5.74) is -1.84. The number of carboxylic acid groups (broad SMARTS) is 1. The monoisotopic (exact) mass is 305 g/mol. The van der Waals surface area contributed by atoms with Crippen LogP contribution in [0, 0.1) is 5.41 Å². The molecule has 2 rings (SSSR count). The van der Waals surface area contributed by atoms with E-state index in [9.17, 15) is 18.0 Å². The van der Waals surface area contributed by atoms with Gasteiger partial charge in [0.2, 0.25) is 0 Å². The van der Waals surface area contributed by atoms with Crippen molar-refractivity contribution in [3.8, 4) is 0 Å². The molecular formula is C13H18F3N3O2. The normalized spacial score (nSPS) is 23.6. The molecule has 21 heavy (non-hydrogen) atoms. The van der Waals surface area contributed by atoms with Crippen LogP contribution in [0.2, 0.25) is 0 Å². The summed E-state index contributed by atoms with van der Waals surface area (Å²) in [6, 6.07) is 0. The molecule has 1 atom stereocenters. The highest BCUT2D eigenvalue weighted by Crippen LogP contribution is 2.45. The van der Waals surface area contributed by atoms with Crippen molar-refractivity contribution < 1.29 is 23.1 Å². The summed E-state index contributed by atoms with van der Waals surface area (Å²) in [5, 5.41) is 9.02. The molecule has 1 aliphatic rings. The van der Waals surface area contributed by atoms with E-state index in [1.54, 1.807) is 12.5 Å². The minimum atomic E-state index is -4.74. The number of likely N-dealkylation sites (tertiary alicyclic amines) is 1. The number of carbonyl (C=O) groups is 1. The lowest BCUT2D eigenvalue weighted by atomic mass is 9.86. The fraction of sp³-hybridized carbons (Fsp3) is 0.692. The van der Waals surface area contributed by atoms with E-state index in [4.69, 9.17) is 5.11 Å². The SMILES string of the molecule is CCCn1cncc1CN1CCC(C(=O)O)(C(F)(F)F)C1. The van der Waals surface area contributed by atoms with E-state index in [0.717, 1.165) is 18.7 Å². The van der Waals surface area contributed by atoms with E-state index in [1.165, 1.54) is 4.90 Å². The molecule has 1 aliphatic heterocycles. The van der Waals surface area contributed by atoms with Gasteiger partial charge in [0.25, 0.3) is 0 Å².